The minimum Gasteiger partial charge on any atom is -0.497 e. The fourth-order valence-corrected chi connectivity index (χ4v) is 1.15. The number of nitrogens with one attached hydrogen (secondary N) is 1. The third kappa shape index (κ3) is 3.71. The van der Waals surface area contributed by atoms with Crippen molar-refractivity contribution in [2.24, 2.45) is 0 Å². The van der Waals surface area contributed by atoms with Gasteiger partial charge in [0.15, 0.2) is 0 Å². The number of hydrogen-bond acceptors (Lipinski definition) is 2. The van der Waals surface area contributed by atoms with E-state index in [1.165, 1.54) is 0 Å². The molecule has 1 aromatic carbocycles. The molecule has 0 fully saturated rings. The number of halogens is 1. The first kappa shape index (κ1) is 10.9. The standard InChI is InChI=1S/C11H14ClNO/c1-3-14-9(2)8-13-11-6-4-10(12)5-7-11/h4-7,13H,2-3,8H2,1H3. The van der Waals surface area contributed by atoms with Crippen LogP contribution in [0.25, 0.3) is 0 Å². The Morgan fingerprint density at radius 3 is 2.64 bits per heavy atom. The van der Waals surface area contributed by atoms with Crippen molar-refractivity contribution in [2.75, 3.05) is 18.5 Å². The largest absolute Gasteiger partial charge is 0.497 e. The second-order valence-corrected chi connectivity index (χ2v) is 3.27. The average molecular weight is 212 g/mol. The van der Waals surface area contributed by atoms with E-state index in [2.05, 4.69) is 11.9 Å². The van der Waals surface area contributed by atoms with Crippen LogP contribution in [0.15, 0.2) is 36.6 Å². The van der Waals surface area contributed by atoms with Crippen molar-refractivity contribution in [3.05, 3.63) is 41.6 Å². The number of benzene rings is 1. The van der Waals surface area contributed by atoms with Crippen LogP contribution in [0.4, 0.5) is 5.69 Å². The van der Waals surface area contributed by atoms with Gasteiger partial charge in [-0.2, -0.15) is 0 Å². The van der Waals surface area contributed by atoms with E-state index in [-0.39, 0.29) is 0 Å². The fraction of sp³-hybridized carbons (Fsp3) is 0.273. The van der Waals surface area contributed by atoms with Crippen molar-refractivity contribution in [2.45, 2.75) is 6.92 Å². The van der Waals surface area contributed by atoms with Crippen molar-refractivity contribution >= 4 is 17.3 Å². The van der Waals surface area contributed by atoms with E-state index in [1.54, 1.807) is 0 Å². The lowest BCUT2D eigenvalue weighted by Crippen LogP contribution is -2.06. The van der Waals surface area contributed by atoms with Crippen LogP contribution in [-0.2, 0) is 4.74 Å². The molecule has 0 amide bonds. The summed E-state index contributed by atoms with van der Waals surface area (Å²) in [6.45, 7) is 6.98. The second-order valence-electron chi connectivity index (χ2n) is 2.83. The maximum atomic E-state index is 5.75. The Hall–Kier alpha value is -1.15. The molecule has 0 aliphatic heterocycles. The van der Waals surface area contributed by atoms with E-state index in [9.17, 15) is 0 Å². The van der Waals surface area contributed by atoms with Gasteiger partial charge in [0.1, 0.15) is 5.76 Å². The van der Waals surface area contributed by atoms with Gasteiger partial charge in [-0.3, -0.25) is 0 Å². The molecule has 3 heteroatoms. The van der Waals surface area contributed by atoms with Crippen LogP contribution in [0, 0.1) is 0 Å². The van der Waals surface area contributed by atoms with Crippen molar-refractivity contribution in [3.8, 4) is 0 Å². The molecule has 0 atom stereocenters. The lowest BCUT2D eigenvalue weighted by atomic mass is 10.3. The zero-order valence-electron chi connectivity index (χ0n) is 8.22. The third-order valence-corrected chi connectivity index (χ3v) is 1.93. The molecule has 0 unspecified atom stereocenters. The minimum atomic E-state index is 0.621. The van der Waals surface area contributed by atoms with Crippen LogP contribution >= 0.6 is 11.6 Å². The lowest BCUT2D eigenvalue weighted by Gasteiger charge is -2.09. The van der Waals surface area contributed by atoms with E-state index in [0.29, 0.717) is 13.2 Å². The Labute approximate surface area is 89.5 Å². The predicted octanol–water partition coefficient (Wildman–Crippen LogP) is 3.30. The van der Waals surface area contributed by atoms with Gasteiger partial charge < -0.3 is 10.1 Å². The summed E-state index contributed by atoms with van der Waals surface area (Å²) in [6.07, 6.45) is 0. The number of rotatable bonds is 5. The van der Waals surface area contributed by atoms with Crippen LogP contribution in [0.2, 0.25) is 5.02 Å². The summed E-state index contributed by atoms with van der Waals surface area (Å²) in [6, 6.07) is 7.52. The maximum absolute atomic E-state index is 5.75. The van der Waals surface area contributed by atoms with Crippen molar-refractivity contribution in [3.63, 3.8) is 0 Å². The van der Waals surface area contributed by atoms with Gasteiger partial charge in [-0.05, 0) is 31.2 Å². The highest BCUT2D eigenvalue weighted by molar-refractivity contribution is 6.30. The molecule has 0 saturated heterocycles. The van der Waals surface area contributed by atoms with Gasteiger partial charge >= 0.3 is 0 Å². The monoisotopic (exact) mass is 211 g/mol. The van der Waals surface area contributed by atoms with Crippen LogP contribution in [0.5, 0.6) is 0 Å². The maximum Gasteiger partial charge on any atom is 0.108 e. The molecular formula is C11H14ClNO. The smallest absolute Gasteiger partial charge is 0.108 e. The molecule has 0 bridgehead atoms. The summed E-state index contributed by atoms with van der Waals surface area (Å²) in [4.78, 5) is 0. The highest BCUT2D eigenvalue weighted by Crippen LogP contribution is 2.13. The summed E-state index contributed by atoms with van der Waals surface area (Å²) in [5.74, 6) is 0.738. The molecule has 1 rings (SSSR count). The van der Waals surface area contributed by atoms with Crippen LogP contribution < -0.4 is 5.32 Å². The summed E-state index contributed by atoms with van der Waals surface area (Å²) in [7, 11) is 0. The van der Waals surface area contributed by atoms with Gasteiger partial charge in [0.25, 0.3) is 0 Å². The molecule has 0 heterocycles. The predicted molar refractivity (Wildman–Crippen MR) is 60.7 cm³/mol. The molecular weight excluding hydrogens is 198 g/mol. The molecule has 0 spiro atoms. The summed E-state index contributed by atoms with van der Waals surface area (Å²) >= 11 is 5.75. The molecule has 14 heavy (non-hydrogen) atoms. The first-order valence-corrected chi connectivity index (χ1v) is 4.90. The molecule has 0 saturated carbocycles. The topological polar surface area (TPSA) is 21.3 Å². The molecule has 0 aliphatic rings. The van der Waals surface area contributed by atoms with Crippen molar-refractivity contribution in [1.82, 2.24) is 0 Å². The van der Waals surface area contributed by atoms with Crippen LogP contribution in [0.3, 0.4) is 0 Å². The van der Waals surface area contributed by atoms with E-state index in [1.807, 2.05) is 31.2 Å². The zero-order chi connectivity index (χ0) is 10.4. The Morgan fingerprint density at radius 2 is 2.07 bits per heavy atom. The van der Waals surface area contributed by atoms with E-state index in [0.717, 1.165) is 16.5 Å². The van der Waals surface area contributed by atoms with E-state index < -0.39 is 0 Å². The Balaban J connectivity index is 2.38. The van der Waals surface area contributed by atoms with Crippen LogP contribution in [-0.4, -0.2) is 13.2 Å². The number of ether oxygens (including phenoxy) is 1. The zero-order valence-corrected chi connectivity index (χ0v) is 8.97. The van der Waals surface area contributed by atoms with Gasteiger partial charge in [0.05, 0.1) is 13.2 Å². The van der Waals surface area contributed by atoms with Gasteiger partial charge in [-0.25, -0.2) is 0 Å². The average Bonchev–Trinajstić information content (AvgIpc) is 2.17. The highest BCUT2D eigenvalue weighted by atomic mass is 35.5. The van der Waals surface area contributed by atoms with Gasteiger partial charge in [-0.1, -0.05) is 18.2 Å². The SMILES string of the molecule is C=C(CNc1ccc(Cl)cc1)OCC. The highest BCUT2D eigenvalue weighted by Gasteiger charge is 1.94. The Morgan fingerprint density at radius 1 is 1.43 bits per heavy atom. The van der Waals surface area contributed by atoms with Crippen molar-refractivity contribution < 1.29 is 4.74 Å². The van der Waals surface area contributed by atoms with Gasteiger partial charge in [0, 0.05) is 10.7 Å². The first-order chi connectivity index (χ1) is 6.72. The molecule has 1 aromatic rings. The molecule has 76 valence electrons. The summed E-state index contributed by atoms with van der Waals surface area (Å²) in [5, 5.41) is 3.91. The second kappa shape index (κ2) is 5.55. The molecule has 2 nitrogen and oxygen atoms in total. The summed E-state index contributed by atoms with van der Waals surface area (Å²) in [5.41, 5.74) is 1.01. The number of anilines is 1. The molecule has 1 N–H and O–H groups in total. The van der Waals surface area contributed by atoms with Gasteiger partial charge in [0.2, 0.25) is 0 Å². The molecule has 0 aromatic heterocycles. The number of hydrogen-bond donors (Lipinski definition) is 1. The third-order valence-electron chi connectivity index (χ3n) is 1.68. The van der Waals surface area contributed by atoms with E-state index >= 15 is 0 Å². The first-order valence-electron chi connectivity index (χ1n) is 4.52. The fourth-order valence-electron chi connectivity index (χ4n) is 1.02. The Kier molecular flexibility index (Phi) is 4.33. The van der Waals surface area contributed by atoms with Gasteiger partial charge in [-0.15, -0.1) is 0 Å². The quantitative estimate of drug-likeness (QED) is 0.755. The molecule has 0 radical (unpaired) electrons. The van der Waals surface area contributed by atoms with E-state index in [4.69, 9.17) is 16.3 Å². The summed E-state index contributed by atoms with van der Waals surface area (Å²) < 4.78 is 5.20. The lowest BCUT2D eigenvalue weighted by molar-refractivity contribution is 0.230. The molecule has 0 aliphatic carbocycles. The Bertz CT molecular complexity index is 295. The van der Waals surface area contributed by atoms with Crippen molar-refractivity contribution in [1.29, 1.82) is 0 Å². The normalized spacial score (nSPS) is 9.57. The van der Waals surface area contributed by atoms with Crippen LogP contribution in [0.1, 0.15) is 6.92 Å². The minimum absolute atomic E-state index is 0.621.